The van der Waals surface area contributed by atoms with Crippen LogP contribution in [0.5, 0.6) is 17.4 Å². The van der Waals surface area contributed by atoms with Gasteiger partial charge in [-0.3, -0.25) is 9.89 Å². The summed E-state index contributed by atoms with van der Waals surface area (Å²) in [6, 6.07) is 14.6. The fourth-order valence-corrected chi connectivity index (χ4v) is 4.31. The lowest BCUT2D eigenvalue weighted by molar-refractivity contribution is -0.118. The van der Waals surface area contributed by atoms with Crippen molar-refractivity contribution in [1.29, 1.82) is 5.26 Å². The molecule has 0 saturated carbocycles. The monoisotopic (exact) mass is 415 g/mol. The molecule has 2 aliphatic rings. The Bertz CT molecular complexity index is 1320. The molecule has 154 valence electrons. The van der Waals surface area contributed by atoms with Crippen molar-refractivity contribution in [2.75, 3.05) is 19.5 Å². The number of para-hydroxylation sites is 1. The van der Waals surface area contributed by atoms with Gasteiger partial charge in [-0.1, -0.05) is 18.2 Å². The Labute approximate surface area is 177 Å². The molecule has 0 fully saturated rings. The predicted molar refractivity (Wildman–Crippen MR) is 110 cm³/mol. The van der Waals surface area contributed by atoms with Crippen LogP contribution in [0.2, 0.25) is 0 Å². The second-order valence-electron chi connectivity index (χ2n) is 7.05. The number of H-pyrrole nitrogens is 1. The highest BCUT2D eigenvalue weighted by Crippen LogP contribution is 2.55. The number of nitrogens with two attached hydrogens (primary N) is 1. The Kier molecular flexibility index (Phi) is 3.91. The fraction of sp³-hybridized carbons (Fsp3) is 0.136. The molecule has 9 nitrogen and oxygen atoms in total. The molecule has 0 radical (unpaired) electrons. The van der Waals surface area contributed by atoms with Crippen LogP contribution >= 0.6 is 0 Å². The number of aromatic nitrogens is 2. The SMILES string of the molecule is COc1ccc(-c2[nH]nc3c2[C@@]2(C(=O)Nc4ccccc42)C(C#N)=C(N)O3)cc1OC. The molecule has 1 spiro atoms. The largest absolute Gasteiger partial charge is 0.493 e. The second kappa shape index (κ2) is 6.53. The van der Waals surface area contributed by atoms with Crippen molar-refractivity contribution in [1.82, 2.24) is 10.2 Å². The Morgan fingerprint density at radius 2 is 1.94 bits per heavy atom. The van der Waals surface area contributed by atoms with Crippen molar-refractivity contribution < 1.29 is 19.0 Å². The number of carbonyl (C=O) groups is 1. The maximum atomic E-state index is 13.5. The summed E-state index contributed by atoms with van der Waals surface area (Å²) in [5.74, 6) is 0.624. The van der Waals surface area contributed by atoms with Crippen LogP contribution in [0.1, 0.15) is 11.1 Å². The lowest BCUT2D eigenvalue weighted by atomic mass is 9.68. The van der Waals surface area contributed by atoms with Gasteiger partial charge in [0.1, 0.15) is 17.1 Å². The second-order valence-corrected chi connectivity index (χ2v) is 7.05. The number of nitrogens with zero attached hydrogens (tertiary/aromatic N) is 2. The van der Waals surface area contributed by atoms with Gasteiger partial charge in [0, 0.05) is 16.8 Å². The fourth-order valence-electron chi connectivity index (χ4n) is 4.31. The van der Waals surface area contributed by atoms with Crippen LogP contribution in [0.15, 0.2) is 53.9 Å². The molecule has 2 aromatic carbocycles. The topological polar surface area (TPSA) is 135 Å². The molecular weight excluding hydrogens is 398 g/mol. The normalized spacial score (nSPS) is 18.7. The first-order chi connectivity index (χ1) is 15.1. The molecule has 1 aromatic heterocycles. The van der Waals surface area contributed by atoms with Crippen LogP contribution in [0.25, 0.3) is 11.3 Å². The highest BCUT2D eigenvalue weighted by Gasteiger charge is 2.58. The van der Waals surface area contributed by atoms with Gasteiger partial charge in [-0.25, -0.2) is 0 Å². The Hall–Kier alpha value is -4.45. The van der Waals surface area contributed by atoms with E-state index in [0.717, 1.165) is 0 Å². The summed E-state index contributed by atoms with van der Waals surface area (Å²) in [7, 11) is 3.08. The highest BCUT2D eigenvalue weighted by atomic mass is 16.5. The minimum absolute atomic E-state index is 0.00516. The quantitative estimate of drug-likeness (QED) is 0.598. The first-order valence-corrected chi connectivity index (χ1v) is 9.36. The molecule has 4 N–H and O–H groups in total. The van der Waals surface area contributed by atoms with Crippen molar-refractivity contribution in [2.45, 2.75) is 5.41 Å². The smallest absolute Gasteiger partial charge is 0.245 e. The average Bonchev–Trinajstić information content (AvgIpc) is 3.33. The molecule has 0 aliphatic carbocycles. The number of hydrogen-bond donors (Lipinski definition) is 3. The number of rotatable bonds is 3. The zero-order chi connectivity index (χ0) is 21.8. The van der Waals surface area contributed by atoms with Crippen LogP contribution in [0.4, 0.5) is 5.69 Å². The van der Waals surface area contributed by atoms with E-state index in [0.29, 0.717) is 39.6 Å². The number of benzene rings is 2. The van der Waals surface area contributed by atoms with Gasteiger partial charge >= 0.3 is 0 Å². The van der Waals surface area contributed by atoms with Gasteiger partial charge in [-0.05, 0) is 24.3 Å². The van der Waals surface area contributed by atoms with Gasteiger partial charge in [0.2, 0.25) is 17.7 Å². The van der Waals surface area contributed by atoms with Gasteiger partial charge in [0.15, 0.2) is 11.5 Å². The van der Waals surface area contributed by atoms with E-state index in [-0.39, 0.29) is 17.3 Å². The molecular formula is C22H17N5O4. The highest BCUT2D eigenvalue weighted by molar-refractivity contribution is 6.13. The molecule has 2 aliphatic heterocycles. The Balaban J connectivity index is 1.84. The lowest BCUT2D eigenvalue weighted by Gasteiger charge is -2.31. The van der Waals surface area contributed by atoms with Crippen molar-refractivity contribution in [3.63, 3.8) is 0 Å². The van der Waals surface area contributed by atoms with Gasteiger partial charge in [0.25, 0.3) is 0 Å². The van der Waals surface area contributed by atoms with Crippen LogP contribution in [-0.4, -0.2) is 30.3 Å². The number of carbonyl (C=O) groups excluding carboxylic acids is 1. The maximum Gasteiger partial charge on any atom is 0.245 e. The van der Waals surface area contributed by atoms with E-state index in [2.05, 4.69) is 21.6 Å². The van der Waals surface area contributed by atoms with E-state index in [1.165, 1.54) is 7.11 Å². The summed E-state index contributed by atoms with van der Waals surface area (Å²) < 4.78 is 16.4. The van der Waals surface area contributed by atoms with Crippen LogP contribution in [0.3, 0.4) is 0 Å². The van der Waals surface area contributed by atoms with Crippen LogP contribution in [-0.2, 0) is 10.2 Å². The molecule has 31 heavy (non-hydrogen) atoms. The van der Waals surface area contributed by atoms with Gasteiger partial charge in [-0.2, -0.15) is 5.26 Å². The number of amides is 1. The number of hydrogen-bond acceptors (Lipinski definition) is 7. The number of methoxy groups -OCH3 is 2. The maximum absolute atomic E-state index is 13.5. The summed E-state index contributed by atoms with van der Waals surface area (Å²) in [4.78, 5) is 13.5. The summed E-state index contributed by atoms with van der Waals surface area (Å²) in [5.41, 5.74) is 7.36. The minimum Gasteiger partial charge on any atom is -0.493 e. The van der Waals surface area contributed by atoms with E-state index in [1.807, 2.05) is 6.07 Å². The first kappa shape index (κ1) is 18.6. The van der Waals surface area contributed by atoms with E-state index >= 15 is 0 Å². The summed E-state index contributed by atoms with van der Waals surface area (Å²) >= 11 is 0. The molecule has 5 rings (SSSR count). The first-order valence-electron chi connectivity index (χ1n) is 9.36. The van der Waals surface area contributed by atoms with Crippen LogP contribution < -0.4 is 25.3 Å². The van der Waals surface area contributed by atoms with Crippen molar-refractivity contribution >= 4 is 11.6 Å². The average molecular weight is 415 g/mol. The molecule has 0 unspecified atom stereocenters. The van der Waals surface area contributed by atoms with Gasteiger partial charge in [-0.15, -0.1) is 5.10 Å². The Morgan fingerprint density at radius 1 is 1.16 bits per heavy atom. The lowest BCUT2D eigenvalue weighted by Crippen LogP contribution is -2.42. The van der Waals surface area contributed by atoms with Gasteiger partial charge < -0.3 is 25.3 Å². The van der Waals surface area contributed by atoms with Crippen molar-refractivity contribution in [2.24, 2.45) is 5.73 Å². The zero-order valence-electron chi connectivity index (χ0n) is 16.6. The standard InChI is InChI=1S/C22H17N5O4/c1-29-15-8-7-11(9-16(15)30-2)18-17-20(27-26-18)31-19(24)13(10-23)22(17)12-5-3-4-6-14(12)25-21(22)28/h3-9H,24H2,1-2H3,(H,25,28)(H,26,27)/t22-/m0/s1. The molecule has 9 heteroatoms. The van der Waals surface area contributed by atoms with E-state index in [1.54, 1.807) is 43.5 Å². The number of anilines is 1. The number of nitrogens with one attached hydrogen (secondary N) is 2. The third kappa shape index (κ3) is 2.30. The summed E-state index contributed by atoms with van der Waals surface area (Å²) in [6.07, 6.45) is 0. The van der Waals surface area contributed by atoms with E-state index in [4.69, 9.17) is 19.9 Å². The van der Waals surface area contributed by atoms with E-state index in [9.17, 15) is 10.1 Å². The molecule has 0 saturated heterocycles. The number of ether oxygens (including phenoxy) is 3. The molecule has 0 bridgehead atoms. The third-order valence-electron chi connectivity index (χ3n) is 5.64. The number of fused-ring (bicyclic) bond motifs is 4. The summed E-state index contributed by atoms with van der Waals surface area (Å²) in [5, 5.41) is 20.1. The van der Waals surface area contributed by atoms with Crippen molar-refractivity contribution in [3.05, 3.63) is 65.0 Å². The van der Waals surface area contributed by atoms with E-state index < -0.39 is 11.3 Å². The minimum atomic E-state index is -1.50. The molecule has 3 aromatic rings. The zero-order valence-corrected chi connectivity index (χ0v) is 16.6. The van der Waals surface area contributed by atoms with Crippen molar-refractivity contribution in [3.8, 4) is 34.7 Å². The number of nitriles is 1. The molecule has 1 amide bonds. The number of aromatic amines is 1. The molecule has 3 heterocycles. The van der Waals surface area contributed by atoms with Gasteiger partial charge in [0.05, 0.1) is 25.5 Å². The Morgan fingerprint density at radius 3 is 2.68 bits per heavy atom. The van der Waals surface area contributed by atoms with Crippen LogP contribution in [0, 0.1) is 11.3 Å². The summed E-state index contributed by atoms with van der Waals surface area (Å²) in [6.45, 7) is 0. The third-order valence-corrected chi connectivity index (χ3v) is 5.64. The molecule has 1 atom stereocenters. The predicted octanol–water partition coefficient (Wildman–Crippen LogP) is 2.42.